The molecule has 0 aromatic carbocycles. The van der Waals surface area contributed by atoms with Gasteiger partial charge < -0.3 is 10.6 Å². The lowest BCUT2D eigenvalue weighted by Crippen LogP contribution is -2.57. The molecular weight excluding hydrogens is 240 g/mol. The van der Waals surface area contributed by atoms with Crippen LogP contribution in [0, 0.1) is 17.2 Å². The van der Waals surface area contributed by atoms with E-state index in [-0.39, 0.29) is 5.91 Å². The van der Waals surface area contributed by atoms with Crippen LogP contribution in [0.4, 0.5) is 0 Å². The number of carbonyl (C=O) groups is 1. The van der Waals surface area contributed by atoms with Crippen LogP contribution in [0.2, 0.25) is 0 Å². The second kappa shape index (κ2) is 5.48. The lowest BCUT2D eigenvalue weighted by molar-refractivity contribution is -0.124. The zero-order valence-electron chi connectivity index (χ0n) is 12.1. The normalized spacial score (nSPS) is 31.3. The van der Waals surface area contributed by atoms with Crippen LogP contribution in [0.1, 0.15) is 33.6 Å². The molecule has 5 heteroatoms. The van der Waals surface area contributed by atoms with Crippen LogP contribution >= 0.6 is 0 Å². The topological polar surface area (TPSA) is 68.2 Å². The maximum atomic E-state index is 12.1. The monoisotopic (exact) mass is 264 g/mol. The van der Waals surface area contributed by atoms with Crippen LogP contribution in [-0.4, -0.2) is 48.1 Å². The van der Waals surface area contributed by atoms with E-state index >= 15 is 0 Å². The smallest absolute Gasteiger partial charge is 0.235 e. The summed E-state index contributed by atoms with van der Waals surface area (Å²) in [5.74, 6) is 0.305. The number of rotatable bonds is 4. The molecule has 1 aliphatic heterocycles. The lowest BCUT2D eigenvalue weighted by Gasteiger charge is -2.36. The average Bonchev–Trinajstić information content (AvgIpc) is 3.10. The van der Waals surface area contributed by atoms with Gasteiger partial charge in [0.15, 0.2) is 0 Å². The van der Waals surface area contributed by atoms with Gasteiger partial charge in [0.2, 0.25) is 5.91 Å². The summed E-state index contributed by atoms with van der Waals surface area (Å²) >= 11 is 0. The Morgan fingerprint density at radius 3 is 2.47 bits per heavy atom. The van der Waals surface area contributed by atoms with Gasteiger partial charge in [0.05, 0.1) is 12.6 Å². The first-order valence-corrected chi connectivity index (χ1v) is 7.13. The van der Waals surface area contributed by atoms with Crippen molar-refractivity contribution in [1.29, 1.82) is 5.26 Å². The van der Waals surface area contributed by atoms with Gasteiger partial charge >= 0.3 is 0 Å². The molecule has 19 heavy (non-hydrogen) atoms. The Kier molecular flexibility index (Phi) is 4.12. The van der Waals surface area contributed by atoms with E-state index in [4.69, 9.17) is 0 Å². The highest BCUT2D eigenvalue weighted by Crippen LogP contribution is 2.39. The van der Waals surface area contributed by atoms with Gasteiger partial charge in [-0.1, -0.05) is 0 Å². The number of piperazine rings is 1. The first kappa shape index (κ1) is 14.3. The van der Waals surface area contributed by atoms with Crippen LogP contribution in [0.15, 0.2) is 0 Å². The predicted octanol–water partition coefficient (Wildman–Crippen LogP) is 0.477. The summed E-state index contributed by atoms with van der Waals surface area (Å²) in [6, 6.07) is 3.07. The van der Waals surface area contributed by atoms with Crippen molar-refractivity contribution in [3.63, 3.8) is 0 Å². The van der Waals surface area contributed by atoms with Crippen LogP contribution in [0.3, 0.4) is 0 Å². The molecule has 0 spiro atoms. The fraction of sp³-hybridized carbons (Fsp3) is 0.857. The maximum absolute atomic E-state index is 12.1. The Balaban J connectivity index is 1.85. The lowest BCUT2D eigenvalue weighted by atomic mass is 9.98. The molecular formula is C14H24N4O. The summed E-state index contributed by atoms with van der Waals surface area (Å²) in [4.78, 5) is 14.3. The van der Waals surface area contributed by atoms with Crippen LogP contribution in [0.25, 0.3) is 0 Å². The molecule has 1 amide bonds. The molecule has 2 fully saturated rings. The first-order valence-electron chi connectivity index (χ1n) is 7.13. The summed E-state index contributed by atoms with van der Waals surface area (Å²) in [6.07, 6.45) is 2.10. The van der Waals surface area contributed by atoms with Crippen molar-refractivity contribution < 1.29 is 4.79 Å². The molecule has 5 nitrogen and oxygen atoms in total. The fourth-order valence-corrected chi connectivity index (χ4v) is 2.98. The first-order chi connectivity index (χ1) is 8.93. The van der Waals surface area contributed by atoms with Gasteiger partial charge in [0, 0.05) is 25.2 Å². The highest BCUT2D eigenvalue weighted by molar-refractivity contribution is 5.79. The highest BCUT2D eigenvalue weighted by atomic mass is 16.2. The number of nitrogens with one attached hydrogen (secondary N) is 2. The van der Waals surface area contributed by atoms with Gasteiger partial charge in [0.25, 0.3) is 0 Å². The highest BCUT2D eigenvalue weighted by Gasteiger charge is 2.43. The molecule has 0 radical (unpaired) electrons. The van der Waals surface area contributed by atoms with E-state index in [0.717, 1.165) is 25.9 Å². The van der Waals surface area contributed by atoms with Gasteiger partial charge in [-0.2, -0.15) is 5.26 Å². The summed E-state index contributed by atoms with van der Waals surface area (Å²) in [6.45, 7) is 8.25. The molecule has 0 bridgehead atoms. The van der Waals surface area contributed by atoms with Crippen LogP contribution in [0.5, 0.6) is 0 Å². The standard InChI is InChI=1S/C14H24N4O/c1-10-6-18(7-11(2)16-10)8-13(19)17-14(3,9-15)12-4-5-12/h10-12,16H,4-8H2,1-3H3,(H,17,19). The van der Waals surface area contributed by atoms with Gasteiger partial charge in [-0.3, -0.25) is 9.69 Å². The molecule has 3 atom stereocenters. The molecule has 1 heterocycles. The molecule has 1 aliphatic carbocycles. The van der Waals surface area contributed by atoms with Gasteiger partial charge in [-0.15, -0.1) is 0 Å². The molecule has 3 unspecified atom stereocenters. The minimum absolute atomic E-state index is 0.0303. The molecule has 0 aromatic heterocycles. The zero-order chi connectivity index (χ0) is 14.0. The van der Waals surface area contributed by atoms with Crippen molar-refractivity contribution in [3.05, 3.63) is 0 Å². The van der Waals surface area contributed by atoms with E-state index in [9.17, 15) is 10.1 Å². The van der Waals surface area contributed by atoms with E-state index in [0.29, 0.717) is 24.5 Å². The van der Waals surface area contributed by atoms with Crippen molar-refractivity contribution in [3.8, 4) is 6.07 Å². The number of carbonyl (C=O) groups excluding carboxylic acids is 1. The molecule has 106 valence electrons. The van der Waals surface area contributed by atoms with E-state index < -0.39 is 5.54 Å². The Hall–Kier alpha value is -1.12. The van der Waals surface area contributed by atoms with Crippen molar-refractivity contribution in [2.24, 2.45) is 5.92 Å². The summed E-state index contributed by atoms with van der Waals surface area (Å²) in [7, 11) is 0. The molecule has 2 aliphatic rings. The molecule has 1 saturated carbocycles. The van der Waals surface area contributed by atoms with Crippen molar-refractivity contribution >= 4 is 5.91 Å². The van der Waals surface area contributed by atoms with Gasteiger partial charge in [0.1, 0.15) is 5.54 Å². The van der Waals surface area contributed by atoms with Gasteiger partial charge in [-0.25, -0.2) is 0 Å². The van der Waals surface area contributed by atoms with Crippen LogP contribution < -0.4 is 10.6 Å². The second-order valence-electron chi connectivity index (χ2n) is 6.30. The maximum Gasteiger partial charge on any atom is 0.235 e. The van der Waals surface area contributed by atoms with Crippen molar-refractivity contribution in [1.82, 2.24) is 15.5 Å². The zero-order valence-corrected chi connectivity index (χ0v) is 12.1. The summed E-state index contributed by atoms with van der Waals surface area (Å²) < 4.78 is 0. The number of hydrogen-bond donors (Lipinski definition) is 2. The SMILES string of the molecule is CC1CN(CC(=O)NC(C)(C#N)C2CC2)CC(C)N1. The largest absolute Gasteiger partial charge is 0.337 e. The molecule has 2 rings (SSSR count). The Morgan fingerprint density at radius 2 is 2.00 bits per heavy atom. The molecule has 1 saturated heterocycles. The number of amides is 1. The average molecular weight is 264 g/mol. The molecule has 0 aromatic rings. The van der Waals surface area contributed by atoms with Crippen molar-refractivity contribution in [2.45, 2.75) is 51.2 Å². The predicted molar refractivity (Wildman–Crippen MR) is 73.4 cm³/mol. The fourth-order valence-electron chi connectivity index (χ4n) is 2.98. The van der Waals surface area contributed by atoms with Gasteiger partial charge in [-0.05, 0) is 39.5 Å². The minimum Gasteiger partial charge on any atom is -0.337 e. The number of nitrogens with zero attached hydrogens (tertiary/aromatic N) is 2. The van der Waals surface area contributed by atoms with E-state index in [1.807, 2.05) is 6.92 Å². The third-order valence-electron chi connectivity index (χ3n) is 4.03. The quantitative estimate of drug-likeness (QED) is 0.775. The Labute approximate surface area is 115 Å². The van der Waals surface area contributed by atoms with Crippen molar-refractivity contribution in [2.75, 3.05) is 19.6 Å². The second-order valence-corrected chi connectivity index (χ2v) is 6.30. The third kappa shape index (κ3) is 3.68. The Morgan fingerprint density at radius 1 is 1.42 bits per heavy atom. The number of hydrogen-bond acceptors (Lipinski definition) is 4. The minimum atomic E-state index is -0.678. The summed E-state index contributed by atoms with van der Waals surface area (Å²) in [5, 5.41) is 15.6. The van der Waals surface area contributed by atoms with E-state index in [1.165, 1.54) is 0 Å². The summed E-state index contributed by atoms with van der Waals surface area (Å²) in [5.41, 5.74) is -0.678. The Bertz CT molecular complexity index is 377. The number of nitriles is 1. The van der Waals surface area contributed by atoms with E-state index in [2.05, 4.69) is 35.5 Å². The molecule has 2 N–H and O–H groups in total. The van der Waals surface area contributed by atoms with E-state index in [1.54, 1.807) is 0 Å². The van der Waals surface area contributed by atoms with Crippen LogP contribution in [-0.2, 0) is 4.79 Å². The third-order valence-corrected chi connectivity index (χ3v) is 4.03.